The number of rotatable bonds is 4. The topological polar surface area (TPSA) is 34.6 Å². The van der Waals surface area contributed by atoms with E-state index < -0.39 is 0 Å². The van der Waals surface area contributed by atoms with E-state index in [1.54, 1.807) is 18.4 Å². The number of hydrogen-bond acceptors (Lipinski definition) is 5. The number of ether oxygens (including phenoxy) is 2. The van der Waals surface area contributed by atoms with E-state index in [1.165, 1.54) is 21.0 Å². The third-order valence-electron chi connectivity index (χ3n) is 4.97. The molecule has 5 heteroatoms. The highest BCUT2D eigenvalue weighted by Gasteiger charge is 2.22. The minimum Gasteiger partial charge on any atom is -0.496 e. The van der Waals surface area contributed by atoms with Gasteiger partial charge in [-0.25, -0.2) is 0 Å². The summed E-state index contributed by atoms with van der Waals surface area (Å²) in [6, 6.07) is 12.9. The Kier molecular flexibility index (Phi) is 5.14. The minimum atomic E-state index is 0.775. The summed E-state index contributed by atoms with van der Waals surface area (Å²) in [4.78, 5) is 8.34. The Labute approximate surface area is 164 Å². The van der Waals surface area contributed by atoms with Crippen LogP contribution in [0.2, 0.25) is 0 Å². The van der Waals surface area contributed by atoms with Gasteiger partial charge in [-0.05, 0) is 25.5 Å². The Balaban J connectivity index is 1.85. The molecule has 0 N–H and O–H groups in total. The zero-order chi connectivity index (χ0) is 18.8. The lowest BCUT2D eigenvalue weighted by atomic mass is 10.1. The van der Waals surface area contributed by atoms with Gasteiger partial charge in [-0.1, -0.05) is 30.3 Å². The molecule has 3 aromatic rings. The number of benzene rings is 1. The summed E-state index contributed by atoms with van der Waals surface area (Å²) >= 11 is 1.81. The predicted octanol–water partition coefficient (Wildman–Crippen LogP) is 4.94. The lowest BCUT2D eigenvalue weighted by Gasteiger charge is -2.28. The molecule has 4 nitrogen and oxygen atoms in total. The van der Waals surface area contributed by atoms with Crippen LogP contribution in [-0.2, 0) is 4.74 Å². The molecular formula is C22H24N2O2S. The van der Waals surface area contributed by atoms with Crippen molar-refractivity contribution in [2.24, 2.45) is 0 Å². The molecule has 0 amide bonds. The molecule has 2 aromatic heterocycles. The van der Waals surface area contributed by atoms with Gasteiger partial charge in [-0.3, -0.25) is 4.98 Å². The molecule has 3 heterocycles. The Hall–Kier alpha value is -2.37. The number of hydrogen-bond donors (Lipinski definition) is 0. The van der Waals surface area contributed by atoms with Crippen molar-refractivity contribution >= 4 is 16.3 Å². The second kappa shape index (κ2) is 7.71. The number of methoxy groups -OCH3 is 1. The van der Waals surface area contributed by atoms with Crippen molar-refractivity contribution in [2.45, 2.75) is 13.8 Å². The summed E-state index contributed by atoms with van der Waals surface area (Å²) in [5.74, 6) is 0.919. The van der Waals surface area contributed by atoms with E-state index in [4.69, 9.17) is 14.5 Å². The van der Waals surface area contributed by atoms with Crippen molar-refractivity contribution in [3.8, 4) is 27.4 Å². The van der Waals surface area contributed by atoms with Gasteiger partial charge in [0.2, 0.25) is 0 Å². The number of pyridine rings is 1. The van der Waals surface area contributed by atoms with Gasteiger partial charge in [0.05, 0.1) is 35.9 Å². The van der Waals surface area contributed by atoms with Crippen molar-refractivity contribution < 1.29 is 9.47 Å². The predicted molar refractivity (Wildman–Crippen MR) is 112 cm³/mol. The fourth-order valence-electron chi connectivity index (χ4n) is 3.61. The van der Waals surface area contributed by atoms with Gasteiger partial charge in [0.25, 0.3) is 0 Å². The SMILES string of the molecule is COc1c(C)cnc(-c2cc(-c3ccccc3)c(N3CCOCC3)s2)c1C. The van der Waals surface area contributed by atoms with Gasteiger partial charge in [-0.2, -0.15) is 0 Å². The maximum Gasteiger partial charge on any atom is 0.128 e. The van der Waals surface area contributed by atoms with Crippen LogP contribution in [0.1, 0.15) is 11.1 Å². The molecule has 0 unspecified atom stereocenters. The van der Waals surface area contributed by atoms with Crippen LogP contribution in [0.15, 0.2) is 42.6 Å². The third kappa shape index (κ3) is 3.45. The summed E-state index contributed by atoms with van der Waals surface area (Å²) < 4.78 is 11.2. The number of nitrogens with zero attached hydrogens (tertiary/aromatic N) is 2. The van der Waals surface area contributed by atoms with Gasteiger partial charge in [0, 0.05) is 36.0 Å². The molecule has 1 aromatic carbocycles. The third-order valence-corrected chi connectivity index (χ3v) is 6.18. The molecule has 0 bridgehead atoms. The maximum absolute atomic E-state index is 5.61. The second-order valence-electron chi connectivity index (χ2n) is 6.74. The zero-order valence-corrected chi connectivity index (χ0v) is 16.8. The molecule has 0 saturated carbocycles. The van der Waals surface area contributed by atoms with Crippen molar-refractivity contribution in [1.82, 2.24) is 4.98 Å². The molecule has 27 heavy (non-hydrogen) atoms. The summed E-state index contributed by atoms with van der Waals surface area (Å²) in [7, 11) is 1.72. The van der Waals surface area contributed by atoms with Crippen LogP contribution in [-0.4, -0.2) is 38.4 Å². The first-order valence-corrected chi connectivity index (χ1v) is 10.0. The molecule has 0 radical (unpaired) electrons. The number of thiophene rings is 1. The molecular weight excluding hydrogens is 356 g/mol. The molecule has 1 aliphatic heterocycles. The van der Waals surface area contributed by atoms with Crippen LogP contribution < -0.4 is 9.64 Å². The monoisotopic (exact) mass is 380 g/mol. The molecule has 0 aliphatic carbocycles. The average molecular weight is 381 g/mol. The molecule has 1 saturated heterocycles. The van der Waals surface area contributed by atoms with Crippen LogP contribution >= 0.6 is 11.3 Å². The smallest absolute Gasteiger partial charge is 0.128 e. The minimum absolute atomic E-state index is 0.775. The maximum atomic E-state index is 5.61. The van der Waals surface area contributed by atoms with Gasteiger partial charge >= 0.3 is 0 Å². The fraction of sp³-hybridized carbons (Fsp3) is 0.318. The van der Waals surface area contributed by atoms with Gasteiger partial charge in [0.15, 0.2) is 0 Å². The molecule has 140 valence electrons. The Morgan fingerprint density at radius 1 is 1.11 bits per heavy atom. The highest BCUT2D eigenvalue weighted by atomic mass is 32.1. The molecule has 4 rings (SSSR count). The van der Waals surface area contributed by atoms with Gasteiger partial charge < -0.3 is 14.4 Å². The first-order valence-electron chi connectivity index (χ1n) is 9.21. The Bertz CT molecular complexity index is 931. The molecule has 1 aliphatic rings. The lowest BCUT2D eigenvalue weighted by Crippen LogP contribution is -2.35. The Morgan fingerprint density at radius 2 is 1.85 bits per heavy atom. The average Bonchev–Trinajstić information content (AvgIpc) is 3.15. The summed E-state index contributed by atoms with van der Waals surface area (Å²) in [6.07, 6.45) is 1.90. The van der Waals surface area contributed by atoms with E-state index in [1.807, 2.05) is 13.1 Å². The lowest BCUT2D eigenvalue weighted by molar-refractivity contribution is 0.123. The number of morpholine rings is 1. The second-order valence-corrected chi connectivity index (χ2v) is 7.77. The van der Waals surface area contributed by atoms with Crippen LogP contribution in [0, 0.1) is 13.8 Å². The molecule has 0 atom stereocenters. The largest absolute Gasteiger partial charge is 0.496 e. The van der Waals surface area contributed by atoms with Crippen molar-refractivity contribution in [1.29, 1.82) is 0 Å². The Morgan fingerprint density at radius 3 is 2.56 bits per heavy atom. The highest BCUT2D eigenvalue weighted by molar-refractivity contribution is 7.20. The van der Waals surface area contributed by atoms with Crippen LogP contribution in [0.25, 0.3) is 21.7 Å². The van der Waals surface area contributed by atoms with Crippen LogP contribution in [0.5, 0.6) is 5.75 Å². The summed E-state index contributed by atoms with van der Waals surface area (Å²) in [6.45, 7) is 7.51. The van der Waals surface area contributed by atoms with Crippen molar-refractivity contribution in [2.75, 3.05) is 38.3 Å². The molecule has 1 fully saturated rings. The number of anilines is 1. The van der Waals surface area contributed by atoms with Crippen molar-refractivity contribution in [3.05, 3.63) is 53.7 Å². The summed E-state index contributed by atoms with van der Waals surface area (Å²) in [5, 5.41) is 1.29. The highest BCUT2D eigenvalue weighted by Crippen LogP contribution is 2.44. The van der Waals surface area contributed by atoms with E-state index >= 15 is 0 Å². The standard InChI is InChI=1S/C22H24N2O2S/c1-15-14-23-20(16(2)21(15)25-3)19-13-18(17-7-5-4-6-8-17)22(27-19)24-9-11-26-12-10-24/h4-8,13-14H,9-12H2,1-3H3. The van der Waals surface area contributed by atoms with E-state index in [2.05, 4.69) is 48.2 Å². The number of aryl methyl sites for hydroxylation is 1. The molecule has 0 spiro atoms. The van der Waals surface area contributed by atoms with Gasteiger partial charge in [-0.15, -0.1) is 11.3 Å². The van der Waals surface area contributed by atoms with Crippen molar-refractivity contribution in [3.63, 3.8) is 0 Å². The van der Waals surface area contributed by atoms with Crippen LogP contribution in [0.3, 0.4) is 0 Å². The van der Waals surface area contributed by atoms with E-state index in [-0.39, 0.29) is 0 Å². The first-order chi connectivity index (χ1) is 13.2. The van der Waals surface area contributed by atoms with Gasteiger partial charge in [0.1, 0.15) is 5.75 Å². The number of aromatic nitrogens is 1. The van der Waals surface area contributed by atoms with E-state index in [0.29, 0.717) is 0 Å². The first kappa shape index (κ1) is 18.0. The quantitative estimate of drug-likeness (QED) is 0.642. The van der Waals surface area contributed by atoms with E-state index in [9.17, 15) is 0 Å². The fourth-order valence-corrected chi connectivity index (χ4v) is 4.89. The van der Waals surface area contributed by atoms with Crippen LogP contribution in [0.4, 0.5) is 5.00 Å². The summed E-state index contributed by atoms with van der Waals surface area (Å²) in [5.41, 5.74) is 5.65. The van der Waals surface area contributed by atoms with E-state index in [0.717, 1.165) is 48.9 Å². The normalized spacial score (nSPS) is 14.4. The zero-order valence-electron chi connectivity index (χ0n) is 16.0.